The first kappa shape index (κ1) is 18.5. The molecule has 1 aromatic heterocycles. The van der Waals surface area contributed by atoms with Gasteiger partial charge in [0.1, 0.15) is 12.4 Å². The van der Waals surface area contributed by atoms with E-state index >= 15 is 0 Å². The molecule has 0 saturated carbocycles. The Hall–Kier alpha value is -2.85. The van der Waals surface area contributed by atoms with Gasteiger partial charge in [0.25, 0.3) is 0 Å². The zero-order valence-corrected chi connectivity index (χ0v) is 16.8. The van der Waals surface area contributed by atoms with Crippen LogP contribution in [0.3, 0.4) is 0 Å². The number of thiophene rings is 1. The molecule has 1 aliphatic rings. The maximum atomic E-state index is 11.7. The summed E-state index contributed by atoms with van der Waals surface area (Å²) in [6.07, 6.45) is 3.56. The normalized spacial score (nSPS) is 12.9. The van der Waals surface area contributed by atoms with Gasteiger partial charge >= 0.3 is 5.97 Å². The number of carbonyl (C=O) groups is 1. The number of rotatable bonds is 5. The molecule has 3 nitrogen and oxygen atoms in total. The molecule has 0 atom stereocenters. The Morgan fingerprint density at radius 2 is 1.89 bits per heavy atom. The van der Waals surface area contributed by atoms with Crippen LogP contribution in [0.1, 0.15) is 27.3 Å². The highest BCUT2D eigenvalue weighted by Gasteiger charge is 2.19. The van der Waals surface area contributed by atoms with Crippen molar-refractivity contribution in [2.75, 3.05) is 7.11 Å². The fourth-order valence-electron chi connectivity index (χ4n) is 3.50. The largest absolute Gasteiger partial charge is 0.488 e. The highest BCUT2D eigenvalue weighted by atomic mass is 32.1. The van der Waals surface area contributed by atoms with E-state index in [-0.39, 0.29) is 5.97 Å². The van der Waals surface area contributed by atoms with Crippen molar-refractivity contribution in [3.63, 3.8) is 0 Å². The molecule has 0 amide bonds. The van der Waals surface area contributed by atoms with Crippen LogP contribution in [0.5, 0.6) is 5.75 Å². The summed E-state index contributed by atoms with van der Waals surface area (Å²) in [5.74, 6) is 0.639. The predicted octanol–water partition coefficient (Wildman–Crippen LogP) is 5.81. The van der Waals surface area contributed by atoms with Crippen LogP contribution in [0, 0.1) is 6.92 Å². The van der Waals surface area contributed by atoms with Gasteiger partial charge in [-0.2, -0.15) is 0 Å². The molecule has 4 rings (SSSR count). The molecule has 0 saturated heterocycles. The summed E-state index contributed by atoms with van der Waals surface area (Å²) in [6, 6.07) is 18.8. The van der Waals surface area contributed by atoms with Crippen LogP contribution in [0.25, 0.3) is 17.2 Å². The number of hydrogen-bond acceptors (Lipinski definition) is 4. The minimum Gasteiger partial charge on any atom is -0.488 e. The van der Waals surface area contributed by atoms with Gasteiger partial charge in [0.05, 0.1) is 7.11 Å². The molecule has 0 radical (unpaired) electrons. The van der Waals surface area contributed by atoms with Crippen LogP contribution in [0.4, 0.5) is 0 Å². The molecule has 0 bridgehead atoms. The average molecular weight is 391 g/mol. The molecular formula is C24H22O3S. The number of esters is 1. The van der Waals surface area contributed by atoms with E-state index in [1.165, 1.54) is 29.4 Å². The van der Waals surface area contributed by atoms with Crippen molar-refractivity contribution in [3.8, 4) is 16.9 Å². The highest BCUT2D eigenvalue weighted by Crippen LogP contribution is 2.33. The Kier molecular flexibility index (Phi) is 5.31. The molecule has 2 aromatic carbocycles. The Balaban J connectivity index is 1.46. The summed E-state index contributed by atoms with van der Waals surface area (Å²) in [4.78, 5) is 14.0. The molecule has 0 spiro atoms. The minimum absolute atomic E-state index is 0.231. The lowest BCUT2D eigenvalue weighted by molar-refractivity contribution is -0.136. The van der Waals surface area contributed by atoms with Crippen LogP contribution in [-0.4, -0.2) is 13.1 Å². The van der Waals surface area contributed by atoms with E-state index in [0.29, 0.717) is 6.61 Å². The fourth-order valence-corrected chi connectivity index (χ4v) is 4.60. The summed E-state index contributed by atoms with van der Waals surface area (Å²) < 4.78 is 10.9. The van der Waals surface area contributed by atoms with Gasteiger partial charge in [-0.3, -0.25) is 0 Å². The smallest absolute Gasteiger partial charge is 0.333 e. The molecule has 0 aliphatic heterocycles. The number of aryl methyl sites for hydroxylation is 2. The maximum absolute atomic E-state index is 11.7. The van der Waals surface area contributed by atoms with Crippen molar-refractivity contribution in [1.82, 2.24) is 0 Å². The third kappa shape index (κ3) is 3.87. The minimum atomic E-state index is -0.231. The van der Waals surface area contributed by atoms with Crippen LogP contribution >= 0.6 is 11.3 Å². The summed E-state index contributed by atoms with van der Waals surface area (Å²) in [5, 5.41) is 0. The average Bonchev–Trinajstić information content (AvgIpc) is 3.14. The van der Waals surface area contributed by atoms with Gasteiger partial charge in [-0.05, 0) is 66.3 Å². The molecule has 0 N–H and O–H groups in total. The Labute approximate surface area is 169 Å². The number of ether oxygens (including phenoxy) is 2. The third-order valence-electron chi connectivity index (χ3n) is 4.97. The second-order valence-electron chi connectivity index (χ2n) is 6.89. The molecule has 1 heterocycles. The van der Waals surface area contributed by atoms with Crippen molar-refractivity contribution in [3.05, 3.63) is 81.1 Å². The van der Waals surface area contributed by atoms with Crippen LogP contribution < -0.4 is 4.74 Å². The molecule has 0 fully saturated rings. The fraction of sp³-hybridized carbons (Fsp3) is 0.208. The quantitative estimate of drug-likeness (QED) is 0.516. The molecule has 0 unspecified atom stereocenters. The van der Waals surface area contributed by atoms with Crippen LogP contribution in [-0.2, 0) is 22.6 Å². The number of benzene rings is 2. The van der Waals surface area contributed by atoms with E-state index in [1.807, 2.05) is 18.2 Å². The first-order valence-corrected chi connectivity index (χ1v) is 10.1. The van der Waals surface area contributed by atoms with Gasteiger partial charge in [0.15, 0.2) is 0 Å². The summed E-state index contributed by atoms with van der Waals surface area (Å²) in [5.41, 5.74) is 5.66. The van der Waals surface area contributed by atoms with Crippen LogP contribution in [0.2, 0.25) is 0 Å². The highest BCUT2D eigenvalue weighted by molar-refractivity contribution is 7.13. The third-order valence-corrected chi connectivity index (χ3v) is 6.07. The van der Waals surface area contributed by atoms with Gasteiger partial charge in [-0.15, -0.1) is 11.3 Å². The Morgan fingerprint density at radius 1 is 1.07 bits per heavy atom. The summed E-state index contributed by atoms with van der Waals surface area (Å²) >= 11 is 1.68. The lowest BCUT2D eigenvalue weighted by Crippen LogP contribution is -2.08. The number of hydrogen-bond donors (Lipinski definition) is 0. The van der Waals surface area contributed by atoms with E-state index in [0.717, 1.165) is 33.9 Å². The van der Waals surface area contributed by atoms with Gasteiger partial charge in [-0.25, -0.2) is 4.79 Å². The molecule has 4 heteroatoms. The zero-order chi connectivity index (χ0) is 19.5. The van der Waals surface area contributed by atoms with Crippen molar-refractivity contribution < 1.29 is 14.3 Å². The van der Waals surface area contributed by atoms with Crippen molar-refractivity contribution in [2.45, 2.75) is 26.4 Å². The van der Waals surface area contributed by atoms with Crippen LogP contribution in [0.15, 0.2) is 60.2 Å². The molecular weight excluding hydrogens is 368 g/mol. The molecule has 142 valence electrons. The Bertz CT molecular complexity index is 1030. The zero-order valence-electron chi connectivity index (χ0n) is 16.0. The standard InChI is InChI=1S/C24H22O3S/c1-16-12-20(10-11-22(16)17-6-4-3-5-7-17)27-15-21-13-18-8-9-19(24(25)26-2)14-23(18)28-21/h3-7,10-14H,8-9,15H2,1-2H3. The van der Waals surface area contributed by atoms with E-state index in [1.54, 1.807) is 11.3 Å². The molecule has 28 heavy (non-hydrogen) atoms. The number of methoxy groups -OCH3 is 1. The van der Waals surface area contributed by atoms with E-state index in [2.05, 4.69) is 49.4 Å². The molecule has 3 aromatic rings. The van der Waals surface area contributed by atoms with Gasteiger partial charge in [0.2, 0.25) is 0 Å². The van der Waals surface area contributed by atoms with E-state index in [9.17, 15) is 4.79 Å². The lowest BCUT2D eigenvalue weighted by Gasteiger charge is -2.10. The topological polar surface area (TPSA) is 35.5 Å². The summed E-state index contributed by atoms with van der Waals surface area (Å²) in [6.45, 7) is 2.64. The van der Waals surface area contributed by atoms with Gasteiger partial charge in [0, 0.05) is 15.3 Å². The van der Waals surface area contributed by atoms with Gasteiger partial charge in [-0.1, -0.05) is 36.4 Å². The first-order valence-electron chi connectivity index (χ1n) is 9.33. The predicted molar refractivity (Wildman–Crippen MR) is 114 cm³/mol. The van der Waals surface area contributed by atoms with E-state index < -0.39 is 0 Å². The maximum Gasteiger partial charge on any atom is 0.333 e. The monoisotopic (exact) mass is 390 g/mol. The van der Waals surface area contributed by atoms with Crippen molar-refractivity contribution in [2.24, 2.45) is 0 Å². The van der Waals surface area contributed by atoms with Gasteiger partial charge < -0.3 is 9.47 Å². The number of carbonyl (C=O) groups excluding carboxylic acids is 1. The molecule has 1 aliphatic carbocycles. The SMILES string of the molecule is COC(=O)C1=Cc2sc(COc3ccc(-c4ccccc4)c(C)c3)cc2CC1. The second-order valence-corrected chi connectivity index (χ2v) is 8.06. The summed E-state index contributed by atoms with van der Waals surface area (Å²) in [7, 11) is 1.43. The van der Waals surface area contributed by atoms with Crippen molar-refractivity contribution >= 4 is 23.4 Å². The van der Waals surface area contributed by atoms with E-state index in [4.69, 9.17) is 9.47 Å². The first-order chi connectivity index (χ1) is 13.6. The second kappa shape index (κ2) is 8.03. The number of fused-ring (bicyclic) bond motifs is 1. The Morgan fingerprint density at radius 3 is 2.64 bits per heavy atom. The van der Waals surface area contributed by atoms with Crippen molar-refractivity contribution in [1.29, 1.82) is 0 Å². The lowest BCUT2D eigenvalue weighted by atomic mass is 9.98.